The minimum Gasteiger partial charge on any atom is -0.340 e. The van der Waals surface area contributed by atoms with E-state index in [-0.39, 0.29) is 17.4 Å². The van der Waals surface area contributed by atoms with Gasteiger partial charge in [-0.15, -0.1) is 0 Å². The van der Waals surface area contributed by atoms with E-state index in [9.17, 15) is 9.59 Å². The van der Waals surface area contributed by atoms with Crippen LogP contribution in [-0.4, -0.2) is 51.8 Å². The summed E-state index contributed by atoms with van der Waals surface area (Å²) in [5.41, 5.74) is 2.14. The highest BCUT2D eigenvalue weighted by Gasteiger charge is 2.46. The van der Waals surface area contributed by atoms with Gasteiger partial charge in [-0.1, -0.05) is 36.4 Å². The van der Waals surface area contributed by atoms with Crippen molar-refractivity contribution in [1.29, 1.82) is 0 Å². The number of benzene rings is 1. The van der Waals surface area contributed by atoms with Gasteiger partial charge in [0.1, 0.15) is 0 Å². The molecule has 1 atom stereocenters. The monoisotopic (exact) mass is 405 g/mol. The second kappa shape index (κ2) is 9.41. The van der Waals surface area contributed by atoms with Crippen molar-refractivity contribution in [2.24, 2.45) is 0 Å². The number of rotatable bonds is 6. The molecule has 158 valence electrons. The third-order valence-electron chi connectivity index (χ3n) is 6.63. The van der Waals surface area contributed by atoms with E-state index in [1.807, 2.05) is 41.4 Å². The predicted octanol–water partition coefficient (Wildman–Crippen LogP) is 3.63. The summed E-state index contributed by atoms with van der Waals surface area (Å²) in [4.78, 5) is 34.2. The second-order valence-electron chi connectivity index (χ2n) is 8.64. The lowest BCUT2D eigenvalue weighted by Gasteiger charge is -2.46. The van der Waals surface area contributed by atoms with E-state index in [4.69, 9.17) is 0 Å². The zero-order valence-corrected chi connectivity index (χ0v) is 17.6. The molecule has 2 amide bonds. The average Bonchev–Trinajstić information content (AvgIpc) is 3.19. The number of aryl methyl sites for hydroxylation is 2. The summed E-state index contributed by atoms with van der Waals surface area (Å²) in [5.74, 6) is 0.433. The van der Waals surface area contributed by atoms with Crippen LogP contribution in [0.15, 0.2) is 54.9 Å². The van der Waals surface area contributed by atoms with E-state index in [1.165, 1.54) is 5.56 Å². The molecule has 2 fully saturated rings. The molecule has 2 saturated heterocycles. The summed E-state index contributed by atoms with van der Waals surface area (Å²) in [6, 6.07) is 14.1. The van der Waals surface area contributed by atoms with Gasteiger partial charge >= 0.3 is 0 Å². The fraction of sp³-hybridized carbons (Fsp3) is 0.480. The highest BCUT2D eigenvalue weighted by atomic mass is 16.2. The van der Waals surface area contributed by atoms with Crippen LogP contribution in [0.5, 0.6) is 0 Å². The zero-order chi connectivity index (χ0) is 20.8. The van der Waals surface area contributed by atoms with E-state index in [0.717, 1.165) is 57.2 Å². The quantitative estimate of drug-likeness (QED) is 0.737. The molecule has 0 saturated carbocycles. The Morgan fingerprint density at radius 3 is 2.33 bits per heavy atom. The highest BCUT2D eigenvalue weighted by Crippen LogP contribution is 2.38. The molecule has 5 heteroatoms. The Hall–Kier alpha value is -2.69. The normalized spacial score (nSPS) is 21.2. The Morgan fingerprint density at radius 1 is 0.867 bits per heavy atom. The first-order chi connectivity index (χ1) is 14.7. The van der Waals surface area contributed by atoms with Crippen LogP contribution in [0.3, 0.4) is 0 Å². The maximum Gasteiger partial charge on any atom is 0.223 e. The van der Waals surface area contributed by atoms with Crippen LogP contribution in [0, 0.1) is 0 Å². The highest BCUT2D eigenvalue weighted by molar-refractivity contribution is 5.79. The van der Waals surface area contributed by atoms with Gasteiger partial charge in [0, 0.05) is 44.9 Å². The van der Waals surface area contributed by atoms with Crippen LogP contribution in [0.4, 0.5) is 0 Å². The van der Waals surface area contributed by atoms with Gasteiger partial charge in [-0.3, -0.25) is 14.6 Å². The molecule has 30 heavy (non-hydrogen) atoms. The van der Waals surface area contributed by atoms with Gasteiger partial charge in [0.25, 0.3) is 0 Å². The largest absolute Gasteiger partial charge is 0.340 e. The minimum absolute atomic E-state index is 0.157. The molecule has 1 aromatic carbocycles. The lowest BCUT2D eigenvalue weighted by Crippen LogP contribution is -2.58. The van der Waals surface area contributed by atoms with Crippen molar-refractivity contribution in [2.75, 3.05) is 19.6 Å². The number of likely N-dealkylation sites (tertiary alicyclic amines) is 2. The lowest BCUT2D eigenvalue weighted by molar-refractivity contribution is -0.143. The number of aromatic nitrogens is 1. The number of pyridine rings is 1. The third-order valence-corrected chi connectivity index (χ3v) is 6.63. The van der Waals surface area contributed by atoms with Crippen LogP contribution in [-0.2, 0) is 22.4 Å². The van der Waals surface area contributed by atoms with Crippen molar-refractivity contribution in [1.82, 2.24) is 14.8 Å². The molecule has 2 aromatic rings. The van der Waals surface area contributed by atoms with Gasteiger partial charge in [-0.2, -0.15) is 0 Å². The summed E-state index contributed by atoms with van der Waals surface area (Å²) in [5, 5.41) is 0. The molecular weight excluding hydrogens is 374 g/mol. The fourth-order valence-electron chi connectivity index (χ4n) is 5.06. The standard InChI is InChI=1S/C25H31N3O2/c29-23(12-11-22-9-4-16-26-19-22)27-17-5-14-25(20-27)15-6-18-28(25)24(30)13-10-21-7-2-1-3-8-21/h1-4,7-9,16,19H,5-6,10-15,17-18,20H2/t25-/m0/s1. The van der Waals surface area contributed by atoms with E-state index >= 15 is 0 Å². The molecule has 2 aliphatic heterocycles. The second-order valence-corrected chi connectivity index (χ2v) is 8.64. The van der Waals surface area contributed by atoms with Crippen LogP contribution >= 0.6 is 0 Å². The van der Waals surface area contributed by atoms with Crippen LogP contribution in [0.25, 0.3) is 0 Å². The molecular formula is C25H31N3O2. The fourth-order valence-corrected chi connectivity index (χ4v) is 5.06. The first-order valence-corrected chi connectivity index (χ1v) is 11.2. The molecule has 3 heterocycles. The predicted molar refractivity (Wildman–Crippen MR) is 117 cm³/mol. The molecule has 0 radical (unpaired) electrons. The van der Waals surface area contributed by atoms with Crippen LogP contribution in [0.2, 0.25) is 0 Å². The van der Waals surface area contributed by atoms with Crippen LogP contribution in [0.1, 0.15) is 49.7 Å². The van der Waals surface area contributed by atoms with Gasteiger partial charge in [-0.25, -0.2) is 0 Å². The van der Waals surface area contributed by atoms with Crippen molar-refractivity contribution >= 4 is 11.8 Å². The van der Waals surface area contributed by atoms with E-state index in [0.29, 0.717) is 19.4 Å². The lowest BCUT2D eigenvalue weighted by atomic mass is 9.85. The van der Waals surface area contributed by atoms with Crippen molar-refractivity contribution in [2.45, 2.75) is 56.9 Å². The number of carbonyl (C=O) groups is 2. The summed E-state index contributed by atoms with van der Waals surface area (Å²) in [6.45, 7) is 2.32. The first-order valence-electron chi connectivity index (χ1n) is 11.2. The van der Waals surface area contributed by atoms with Gasteiger partial charge < -0.3 is 9.80 Å². The van der Waals surface area contributed by atoms with Crippen molar-refractivity contribution in [3.05, 3.63) is 66.0 Å². The summed E-state index contributed by atoms with van der Waals surface area (Å²) >= 11 is 0. The molecule has 0 N–H and O–H groups in total. The number of amides is 2. The maximum absolute atomic E-state index is 13.1. The smallest absolute Gasteiger partial charge is 0.223 e. The molecule has 0 bridgehead atoms. The molecule has 1 spiro atoms. The number of nitrogens with zero attached hydrogens (tertiary/aromatic N) is 3. The number of hydrogen-bond donors (Lipinski definition) is 0. The Morgan fingerprint density at radius 2 is 1.57 bits per heavy atom. The van der Waals surface area contributed by atoms with E-state index in [1.54, 1.807) is 6.20 Å². The Balaban J connectivity index is 1.36. The van der Waals surface area contributed by atoms with Crippen LogP contribution < -0.4 is 0 Å². The third kappa shape index (κ3) is 4.72. The van der Waals surface area contributed by atoms with Gasteiger partial charge in [0.15, 0.2) is 0 Å². The molecule has 5 nitrogen and oxygen atoms in total. The van der Waals surface area contributed by atoms with Gasteiger partial charge in [0.05, 0.1) is 5.54 Å². The van der Waals surface area contributed by atoms with Gasteiger partial charge in [0.2, 0.25) is 11.8 Å². The Kier molecular flexibility index (Phi) is 6.46. The SMILES string of the molecule is O=C(CCc1cccnc1)N1CCC[C@]2(CCCN2C(=O)CCc2ccccc2)C1. The van der Waals surface area contributed by atoms with Crippen molar-refractivity contribution in [3.63, 3.8) is 0 Å². The first kappa shape index (κ1) is 20.6. The van der Waals surface area contributed by atoms with Crippen molar-refractivity contribution in [3.8, 4) is 0 Å². The molecule has 1 aromatic heterocycles. The van der Waals surface area contributed by atoms with E-state index in [2.05, 4.69) is 22.0 Å². The number of carbonyl (C=O) groups excluding carboxylic acids is 2. The molecule has 0 unspecified atom stereocenters. The molecule has 4 rings (SSSR count). The maximum atomic E-state index is 13.1. The van der Waals surface area contributed by atoms with Crippen molar-refractivity contribution < 1.29 is 9.59 Å². The number of hydrogen-bond acceptors (Lipinski definition) is 3. The summed E-state index contributed by atoms with van der Waals surface area (Å²) < 4.78 is 0. The summed E-state index contributed by atoms with van der Waals surface area (Å²) in [6.07, 6.45) is 10.2. The summed E-state index contributed by atoms with van der Waals surface area (Å²) in [7, 11) is 0. The topological polar surface area (TPSA) is 53.5 Å². The van der Waals surface area contributed by atoms with Gasteiger partial charge in [-0.05, 0) is 55.7 Å². The average molecular weight is 406 g/mol. The molecule has 0 aliphatic carbocycles. The Labute approximate surface area is 179 Å². The zero-order valence-electron chi connectivity index (χ0n) is 17.6. The Bertz CT molecular complexity index is 855. The number of piperidine rings is 1. The van der Waals surface area contributed by atoms with E-state index < -0.39 is 0 Å². The minimum atomic E-state index is -0.157. The molecule has 2 aliphatic rings.